The van der Waals surface area contributed by atoms with E-state index in [4.69, 9.17) is 21.9 Å². The van der Waals surface area contributed by atoms with Gasteiger partial charge in [0, 0.05) is 65.0 Å². The summed E-state index contributed by atoms with van der Waals surface area (Å²) in [5, 5.41) is 0. The maximum absolute atomic E-state index is 13.4. The van der Waals surface area contributed by atoms with Crippen LogP contribution in [0.5, 0.6) is 0 Å². The first-order valence-electron chi connectivity index (χ1n) is 12.0. The van der Waals surface area contributed by atoms with Gasteiger partial charge in [-0.1, -0.05) is 24.0 Å². The number of carbonyl (C=O) groups is 3. The van der Waals surface area contributed by atoms with Crippen LogP contribution < -0.4 is 0 Å². The third-order valence-electron chi connectivity index (χ3n) is 6.31. The number of aromatic nitrogens is 1. The summed E-state index contributed by atoms with van der Waals surface area (Å²) < 4.78 is 5.77. The van der Waals surface area contributed by atoms with Crippen molar-refractivity contribution in [3.05, 3.63) is 29.1 Å². The summed E-state index contributed by atoms with van der Waals surface area (Å²) in [5.41, 5.74) is 2.31. The molecule has 0 aliphatic carbocycles. The van der Waals surface area contributed by atoms with E-state index in [1.54, 1.807) is 16.7 Å². The normalized spacial score (nSPS) is 16.7. The maximum atomic E-state index is 13.4. The van der Waals surface area contributed by atoms with Gasteiger partial charge in [0.2, 0.25) is 5.91 Å². The molecular weight excluding hydrogens is 486 g/mol. The van der Waals surface area contributed by atoms with Crippen LogP contribution in [-0.2, 0) is 9.53 Å². The van der Waals surface area contributed by atoms with Crippen LogP contribution >= 0.6 is 24.0 Å². The second-order valence-electron chi connectivity index (χ2n) is 8.97. The van der Waals surface area contributed by atoms with Crippen molar-refractivity contribution in [2.24, 2.45) is 0 Å². The highest BCUT2D eigenvalue weighted by molar-refractivity contribution is 8.23. The van der Waals surface area contributed by atoms with Crippen LogP contribution in [0.15, 0.2) is 12.1 Å². The lowest BCUT2D eigenvalue weighted by molar-refractivity contribution is -0.129. The van der Waals surface area contributed by atoms with Gasteiger partial charge in [-0.2, -0.15) is 0 Å². The molecular formula is C24H35N5O4S2. The Morgan fingerprint density at radius 1 is 1.06 bits per heavy atom. The first kappa shape index (κ1) is 27.2. The molecule has 3 amide bonds. The van der Waals surface area contributed by atoms with E-state index in [0.29, 0.717) is 61.5 Å². The molecule has 35 heavy (non-hydrogen) atoms. The zero-order valence-corrected chi connectivity index (χ0v) is 22.6. The first-order chi connectivity index (χ1) is 16.7. The Labute approximate surface area is 217 Å². The fraction of sp³-hybridized carbons (Fsp3) is 0.625. The van der Waals surface area contributed by atoms with Gasteiger partial charge in [0.1, 0.15) is 4.32 Å². The van der Waals surface area contributed by atoms with Crippen LogP contribution in [0.25, 0.3) is 0 Å². The van der Waals surface area contributed by atoms with E-state index in [2.05, 4.69) is 0 Å². The second-order valence-corrected chi connectivity index (χ2v) is 10.6. The van der Waals surface area contributed by atoms with Gasteiger partial charge in [0.25, 0.3) is 5.91 Å². The Kier molecular flexibility index (Phi) is 9.73. The average molecular weight is 522 g/mol. The van der Waals surface area contributed by atoms with Crippen molar-refractivity contribution < 1.29 is 19.1 Å². The highest BCUT2D eigenvalue weighted by atomic mass is 32.2. The molecule has 1 aromatic rings. The number of hydrogen-bond donors (Lipinski definition) is 0. The quantitative estimate of drug-likeness (QED) is 0.547. The molecule has 1 aromatic heterocycles. The topological polar surface area (TPSA) is 86.3 Å². The number of thioether (sulfide) groups is 1. The van der Waals surface area contributed by atoms with E-state index in [1.165, 1.54) is 11.8 Å². The highest BCUT2D eigenvalue weighted by Gasteiger charge is 2.31. The number of carbonyl (C=O) groups excluding carboxylic acids is 3. The van der Waals surface area contributed by atoms with E-state index < -0.39 is 0 Å². The smallest absolute Gasteiger partial charge is 0.409 e. The standard InChI is InChI=1S/C24H35N5O4S2/c1-5-33-23(32)29-14-12-28(13-15-29)22(31)19-7-6-17(2)25-21(19)18-8-10-27(11-9-18)20(30)16-35-24(34)26(3)4/h6-7,18H,5,8-16H2,1-4H3. The molecule has 192 valence electrons. The van der Waals surface area contributed by atoms with Gasteiger partial charge < -0.3 is 24.3 Å². The van der Waals surface area contributed by atoms with Crippen LogP contribution in [0.3, 0.4) is 0 Å². The monoisotopic (exact) mass is 521 g/mol. The number of ether oxygens (including phenoxy) is 1. The van der Waals surface area contributed by atoms with Crippen molar-refractivity contribution in [3.63, 3.8) is 0 Å². The van der Waals surface area contributed by atoms with Crippen LogP contribution in [0.2, 0.25) is 0 Å². The molecule has 0 unspecified atom stereocenters. The van der Waals surface area contributed by atoms with Gasteiger partial charge in [-0.05, 0) is 38.8 Å². The zero-order chi connectivity index (χ0) is 25.5. The SMILES string of the molecule is CCOC(=O)N1CCN(C(=O)c2ccc(C)nc2C2CCN(C(=O)CSC(=S)N(C)C)CC2)CC1. The summed E-state index contributed by atoms with van der Waals surface area (Å²) in [6, 6.07) is 3.74. The molecule has 2 aliphatic rings. The van der Waals surface area contributed by atoms with Crippen LogP contribution in [0.1, 0.15) is 47.4 Å². The Bertz CT molecular complexity index is 942. The number of pyridine rings is 1. The van der Waals surface area contributed by atoms with Gasteiger partial charge >= 0.3 is 6.09 Å². The van der Waals surface area contributed by atoms with Gasteiger partial charge in [-0.15, -0.1) is 0 Å². The summed E-state index contributed by atoms with van der Waals surface area (Å²) in [4.78, 5) is 49.9. The molecule has 2 fully saturated rings. The molecule has 0 spiro atoms. The number of piperidine rings is 1. The number of hydrogen-bond acceptors (Lipinski definition) is 7. The fourth-order valence-corrected chi connectivity index (χ4v) is 5.16. The largest absolute Gasteiger partial charge is 0.450 e. The number of aryl methyl sites for hydroxylation is 1. The third-order valence-corrected chi connectivity index (χ3v) is 8.03. The minimum absolute atomic E-state index is 0.0527. The third kappa shape index (κ3) is 7.07. The average Bonchev–Trinajstić information content (AvgIpc) is 2.86. The minimum Gasteiger partial charge on any atom is -0.450 e. The Balaban J connectivity index is 1.61. The van der Waals surface area contributed by atoms with Gasteiger partial charge in [0.05, 0.1) is 23.6 Å². The maximum Gasteiger partial charge on any atom is 0.409 e. The van der Waals surface area contributed by atoms with Gasteiger partial charge in [-0.25, -0.2) is 4.79 Å². The number of piperazine rings is 1. The summed E-state index contributed by atoms with van der Waals surface area (Å²) in [5.74, 6) is 0.495. The number of rotatable bonds is 5. The van der Waals surface area contributed by atoms with Crippen LogP contribution in [0, 0.1) is 6.92 Å². The lowest BCUT2D eigenvalue weighted by Crippen LogP contribution is -2.51. The Hall–Kier alpha value is -2.40. The molecule has 0 N–H and O–H groups in total. The van der Waals surface area contributed by atoms with Crippen molar-refractivity contribution in [2.45, 2.75) is 32.6 Å². The molecule has 3 rings (SSSR count). The summed E-state index contributed by atoms with van der Waals surface area (Å²) in [6.45, 7) is 7.16. The first-order valence-corrected chi connectivity index (χ1v) is 13.4. The summed E-state index contributed by atoms with van der Waals surface area (Å²) in [7, 11) is 3.75. The lowest BCUT2D eigenvalue weighted by atomic mass is 9.89. The molecule has 11 heteroatoms. The number of amides is 3. The Morgan fingerprint density at radius 2 is 1.69 bits per heavy atom. The van der Waals surface area contributed by atoms with E-state index in [9.17, 15) is 14.4 Å². The van der Waals surface area contributed by atoms with Crippen molar-refractivity contribution in [1.82, 2.24) is 24.6 Å². The van der Waals surface area contributed by atoms with Crippen LogP contribution in [0.4, 0.5) is 4.79 Å². The van der Waals surface area contributed by atoms with E-state index in [1.807, 2.05) is 43.0 Å². The van der Waals surface area contributed by atoms with E-state index in [-0.39, 0.29) is 23.8 Å². The minimum atomic E-state index is -0.333. The summed E-state index contributed by atoms with van der Waals surface area (Å²) in [6.07, 6.45) is 1.20. The number of likely N-dealkylation sites (tertiary alicyclic amines) is 1. The highest BCUT2D eigenvalue weighted by Crippen LogP contribution is 2.30. The van der Waals surface area contributed by atoms with Crippen molar-refractivity contribution in [1.29, 1.82) is 0 Å². The van der Waals surface area contributed by atoms with Crippen molar-refractivity contribution in [3.8, 4) is 0 Å². The molecule has 2 saturated heterocycles. The molecule has 0 radical (unpaired) electrons. The molecule has 0 bridgehead atoms. The molecule has 2 aliphatic heterocycles. The zero-order valence-electron chi connectivity index (χ0n) is 21.0. The lowest BCUT2D eigenvalue weighted by Gasteiger charge is -2.35. The van der Waals surface area contributed by atoms with Gasteiger partial charge in [0.15, 0.2) is 0 Å². The molecule has 0 saturated carbocycles. The van der Waals surface area contributed by atoms with Crippen molar-refractivity contribution >= 4 is 46.2 Å². The van der Waals surface area contributed by atoms with Gasteiger partial charge in [-0.3, -0.25) is 14.6 Å². The molecule has 3 heterocycles. The number of thiocarbonyl (C=S) groups is 1. The predicted octanol–water partition coefficient (Wildman–Crippen LogP) is 2.59. The Morgan fingerprint density at radius 3 is 2.29 bits per heavy atom. The number of nitrogens with zero attached hydrogens (tertiary/aromatic N) is 5. The molecule has 0 atom stereocenters. The van der Waals surface area contributed by atoms with Crippen molar-refractivity contribution in [2.75, 3.05) is 65.7 Å². The van der Waals surface area contributed by atoms with Crippen LogP contribution in [-0.4, -0.2) is 113 Å². The summed E-state index contributed by atoms with van der Waals surface area (Å²) >= 11 is 6.65. The predicted molar refractivity (Wildman–Crippen MR) is 141 cm³/mol. The molecule has 0 aromatic carbocycles. The second kappa shape index (κ2) is 12.5. The van der Waals surface area contributed by atoms with E-state index in [0.717, 1.165) is 24.2 Å². The molecule has 9 nitrogen and oxygen atoms in total. The fourth-order valence-electron chi connectivity index (χ4n) is 4.29. The van der Waals surface area contributed by atoms with E-state index >= 15 is 0 Å².